The van der Waals surface area contributed by atoms with Crippen LogP contribution in [0.5, 0.6) is 0 Å². The molecule has 4 heteroatoms. The zero-order valence-electron chi connectivity index (χ0n) is 14.6. The van der Waals surface area contributed by atoms with Crippen molar-refractivity contribution in [3.63, 3.8) is 0 Å². The lowest BCUT2D eigenvalue weighted by atomic mass is 10.1. The first kappa shape index (κ1) is 18.5. The fourth-order valence-electron chi connectivity index (χ4n) is 2.59. The number of aliphatic imine (C=N–C) groups is 1. The molecule has 0 radical (unpaired) electrons. The van der Waals surface area contributed by atoms with Crippen molar-refractivity contribution < 1.29 is 0 Å². The lowest BCUT2D eigenvalue weighted by Gasteiger charge is -2.27. The van der Waals surface area contributed by atoms with Crippen LogP contribution in [0, 0.1) is 0 Å². The van der Waals surface area contributed by atoms with Crippen LogP contribution in [0.15, 0.2) is 35.3 Å². The molecule has 0 aromatic heterocycles. The highest BCUT2D eigenvalue weighted by Gasteiger charge is 2.10. The average Bonchev–Trinajstić information content (AvgIpc) is 2.56. The molecule has 22 heavy (non-hydrogen) atoms. The van der Waals surface area contributed by atoms with Gasteiger partial charge in [0.05, 0.1) is 0 Å². The van der Waals surface area contributed by atoms with Gasteiger partial charge in [-0.15, -0.1) is 0 Å². The van der Waals surface area contributed by atoms with E-state index < -0.39 is 0 Å². The summed E-state index contributed by atoms with van der Waals surface area (Å²) in [6, 6.07) is 11.1. The average molecular weight is 304 g/mol. The van der Waals surface area contributed by atoms with Gasteiger partial charge in [0.25, 0.3) is 0 Å². The maximum absolute atomic E-state index is 4.29. The molecule has 0 saturated carbocycles. The van der Waals surface area contributed by atoms with Gasteiger partial charge in [0.2, 0.25) is 0 Å². The van der Waals surface area contributed by atoms with E-state index in [-0.39, 0.29) is 0 Å². The molecular weight excluding hydrogens is 272 g/mol. The van der Waals surface area contributed by atoms with Gasteiger partial charge in [0.1, 0.15) is 0 Å². The molecule has 1 aromatic rings. The van der Waals surface area contributed by atoms with E-state index >= 15 is 0 Å². The van der Waals surface area contributed by atoms with Gasteiger partial charge in [-0.25, -0.2) is 0 Å². The van der Waals surface area contributed by atoms with Gasteiger partial charge < -0.3 is 10.6 Å². The van der Waals surface area contributed by atoms with Crippen LogP contribution < -0.4 is 10.6 Å². The van der Waals surface area contributed by atoms with Crippen molar-refractivity contribution in [1.82, 2.24) is 15.5 Å². The summed E-state index contributed by atoms with van der Waals surface area (Å²) in [6.45, 7) is 10.7. The van der Waals surface area contributed by atoms with Crippen molar-refractivity contribution in [2.75, 3.05) is 33.2 Å². The molecule has 0 spiro atoms. The number of guanidine groups is 1. The van der Waals surface area contributed by atoms with Gasteiger partial charge in [-0.05, 0) is 38.4 Å². The van der Waals surface area contributed by atoms with Crippen molar-refractivity contribution in [3.05, 3.63) is 35.9 Å². The monoisotopic (exact) mass is 304 g/mol. The smallest absolute Gasteiger partial charge is 0.191 e. The van der Waals surface area contributed by atoms with Crippen LogP contribution in [0.3, 0.4) is 0 Å². The number of nitrogens with zero attached hydrogens (tertiary/aromatic N) is 2. The van der Waals surface area contributed by atoms with Gasteiger partial charge in [-0.2, -0.15) is 0 Å². The summed E-state index contributed by atoms with van der Waals surface area (Å²) in [7, 11) is 1.83. The van der Waals surface area contributed by atoms with E-state index in [4.69, 9.17) is 0 Å². The quantitative estimate of drug-likeness (QED) is 0.418. The molecule has 124 valence electrons. The van der Waals surface area contributed by atoms with Gasteiger partial charge in [0.15, 0.2) is 5.96 Å². The third-order valence-electron chi connectivity index (χ3n) is 4.00. The van der Waals surface area contributed by atoms with Crippen LogP contribution in [-0.4, -0.2) is 50.1 Å². The van der Waals surface area contributed by atoms with Crippen LogP contribution in [0.4, 0.5) is 0 Å². The first-order valence-electron chi connectivity index (χ1n) is 8.43. The van der Waals surface area contributed by atoms with E-state index in [1.165, 1.54) is 5.56 Å². The molecule has 1 atom stereocenters. The second-order valence-electron chi connectivity index (χ2n) is 5.54. The summed E-state index contributed by atoms with van der Waals surface area (Å²) in [6.07, 6.45) is 2.21. The highest BCUT2D eigenvalue weighted by atomic mass is 15.2. The highest BCUT2D eigenvalue weighted by molar-refractivity contribution is 5.79. The Morgan fingerprint density at radius 1 is 1.14 bits per heavy atom. The number of hydrogen-bond donors (Lipinski definition) is 2. The topological polar surface area (TPSA) is 39.7 Å². The van der Waals surface area contributed by atoms with E-state index in [1.807, 2.05) is 7.05 Å². The lowest BCUT2D eigenvalue weighted by Crippen LogP contribution is -2.46. The third kappa shape index (κ3) is 6.94. The van der Waals surface area contributed by atoms with E-state index in [9.17, 15) is 0 Å². The molecule has 0 aliphatic heterocycles. The molecule has 0 bridgehead atoms. The summed E-state index contributed by atoms with van der Waals surface area (Å²) in [5, 5.41) is 6.80. The van der Waals surface area contributed by atoms with Crippen LogP contribution in [0.1, 0.15) is 32.8 Å². The fraction of sp³-hybridized carbons (Fsp3) is 0.611. The Morgan fingerprint density at radius 3 is 2.41 bits per heavy atom. The standard InChI is InChI=1S/C18H32N4/c1-5-22(6-2)16(3)15-21-18(19-4)20-14-10-13-17-11-8-7-9-12-17/h7-9,11-12,16H,5-6,10,13-15H2,1-4H3,(H2,19,20,21). The van der Waals surface area contributed by atoms with Crippen LogP contribution >= 0.6 is 0 Å². The van der Waals surface area contributed by atoms with Gasteiger partial charge in [-0.1, -0.05) is 44.2 Å². The minimum absolute atomic E-state index is 0.512. The summed E-state index contributed by atoms with van der Waals surface area (Å²) >= 11 is 0. The Kier molecular flexibility index (Phi) is 9.31. The second kappa shape index (κ2) is 11.1. The van der Waals surface area contributed by atoms with E-state index in [1.54, 1.807) is 0 Å². The number of nitrogens with one attached hydrogen (secondary N) is 2. The largest absolute Gasteiger partial charge is 0.356 e. The van der Waals surface area contributed by atoms with Crippen molar-refractivity contribution in [2.45, 2.75) is 39.7 Å². The highest BCUT2D eigenvalue weighted by Crippen LogP contribution is 2.01. The number of benzene rings is 1. The molecule has 0 heterocycles. The molecule has 4 nitrogen and oxygen atoms in total. The molecule has 1 rings (SSSR count). The number of rotatable bonds is 9. The van der Waals surface area contributed by atoms with Crippen molar-refractivity contribution in [2.24, 2.45) is 4.99 Å². The van der Waals surface area contributed by atoms with E-state index in [0.717, 1.165) is 45.0 Å². The Hall–Kier alpha value is -1.55. The number of aryl methyl sites for hydroxylation is 1. The van der Waals surface area contributed by atoms with E-state index in [0.29, 0.717) is 6.04 Å². The van der Waals surface area contributed by atoms with Crippen LogP contribution in [0.2, 0.25) is 0 Å². The Bertz CT molecular complexity index is 412. The molecule has 0 fully saturated rings. The van der Waals surface area contributed by atoms with Crippen molar-refractivity contribution >= 4 is 5.96 Å². The van der Waals surface area contributed by atoms with E-state index in [2.05, 4.69) is 71.6 Å². The first-order chi connectivity index (χ1) is 10.7. The minimum Gasteiger partial charge on any atom is -0.356 e. The van der Waals surface area contributed by atoms with Crippen molar-refractivity contribution in [1.29, 1.82) is 0 Å². The predicted octanol–water partition coefficient (Wildman–Crippen LogP) is 2.51. The third-order valence-corrected chi connectivity index (χ3v) is 4.00. The summed E-state index contributed by atoms with van der Waals surface area (Å²) in [4.78, 5) is 6.73. The van der Waals surface area contributed by atoms with Crippen molar-refractivity contribution in [3.8, 4) is 0 Å². The normalized spacial score (nSPS) is 13.2. The van der Waals surface area contributed by atoms with Crippen LogP contribution in [-0.2, 0) is 6.42 Å². The molecule has 0 saturated heterocycles. The minimum atomic E-state index is 0.512. The zero-order chi connectivity index (χ0) is 16.2. The first-order valence-corrected chi connectivity index (χ1v) is 8.43. The maximum atomic E-state index is 4.29. The number of likely N-dealkylation sites (N-methyl/N-ethyl adjacent to an activating group) is 1. The Balaban J connectivity index is 2.22. The zero-order valence-corrected chi connectivity index (χ0v) is 14.6. The SMILES string of the molecule is CCN(CC)C(C)CNC(=NC)NCCCc1ccccc1. The number of hydrogen-bond acceptors (Lipinski definition) is 2. The Morgan fingerprint density at radius 2 is 1.82 bits per heavy atom. The van der Waals surface area contributed by atoms with Crippen LogP contribution in [0.25, 0.3) is 0 Å². The van der Waals surface area contributed by atoms with Gasteiger partial charge in [-0.3, -0.25) is 9.89 Å². The summed E-state index contributed by atoms with van der Waals surface area (Å²) in [5.74, 6) is 0.895. The summed E-state index contributed by atoms with van der Waals surface area (Å²) < 4.78 is 0. The van der Waals surface area contributed by atoms with Gasteiger partial charge >= 0.3 is 0 Å². The Labute approximate surface area is 136 Å². The van der Waals surface area contributed by atoms with Gasteiger partial charge in [0, 0.05) is 26.2 Å². The molecule has 2 N–H and O–H groups in total. The summed E-state index contributed by atoms with van der Waals surface area (Å²) in [5.41, 5.74) is 1.39. The fourth-order valence-corrected chi connectivity index (χ4v) is 2.59. The molecule has 1 unspecified atom stereocenters. The predicted molar refractivity (Wildman–Crippen MR) is 96.5 cm³/mol. The molecule has 1 aromatic carbocycles. The molecule has 0 aliphatic rings. The lowest BCUT2D eigenvalue weighted by molar-refractivity contribution is 0.231. The molecule has 0 aliphatic carbocycles. The maximum Gasteiger partial charge on any atom is 0.191 e. The molecule has 0 amide bonds. The molecular formula is C18H32N4. The second-order valence-corrected chi connectivity index (χ2v) is 5.54.